The van der Waals surface area contributed by atoms with Gasteiger partial charge in [-0.25, -0.2) is 34.7 Å². The van der Waals surface area contributed by atoms with Crippen molar-refractivity contribution in [3.05, 3.63) is 70.8 Å². The fraction of sp³-hybridized carbons (Fsp3) is 0.222. The molecule has 0 aliphatic heterocycles. The first-order chi connectivity index (χ1) is 16.8. The molecule has 0 amide bonds. The second-order valence-corrected chi connectivity index (χ2v) is 6.48. The van der Waals surface area contributed by atoms with Gasteiger partial charge in [0.1, 0.15) is 10.8 Å². The first-order valence-corrected chi connectivity index (χ1v) is 9.30. The van der Waals surface area contributed by atoms with Gasteiger partial charge in [0.15, 0.2) is 11.5 Å². The van der Waals surface area contributed by atoms with Crippen molar-refractivity contribution in [2.45, 2.75) is 25.5 Å². The third kappa shape index (κ3) is 14.1. The van der Waals surface area contributed by atoms with E-state index < -0.39 is 53.4 Å². The fourth-order valence-corrected chi connectivity index (χ4v) is 1.92. The van der Waals surface area contributed by atoms with Gasteiger partial charge in [-0.1, -0.05) is 11.6 Å². The van der Waals surface area contributed by atoms with E-state index in [0.717, 1.165) is 37.6 Å². The number of aromatic carboxylic acids is 1. The van der Waals surface area contributed by atoms with Crippen molar-refractivity contribution in [2.24, 2.45) is 0 Å². The average Bonchev–Trinajstić information content (AvgIpc) is 2.78. The smallest absolute Gasteiger partial charge is 0.870 e. The Morgan fingerprint density at radius 1 is 0.700 bits per heavy atom. The Hall–Kier alpha value is -3.44. The molecule has 3 aromatic heterocycles. The van der Waals surface area contributed by atoms with Gasteiger partial charge in [-0.05, 0) is 18.2 Å². The topological polar surface area (TPSA) is 193 Å². The number of ketones is 1. The van der Waals surface area contributed by atoms with E-state index in [4.69, 9.17) is 16.7 Å². The number of carbonyl (C=O) groups excluding carboxylic acids is 1. The van der Waals surface area contributed by atoms with Crippen LogP contribution in [0.5, 0.6) is 0 Å². The number of alkyl halides is 9. The Kier molecular flexibility index (Phi) is 17.0. The van der Waals surface area contributed by atoms with Gasteiger partial charge in [-0.3, -0.25) is 4.79 Å². The maximum atomic E-state index is 12.0. The minimum atomic E-state index is -4.72. The summed E-state index contributed by atoms with van der Waals surface area (Å²) in [5.41, 5.74) is -0.912. The van der Waals surface area contributed by atoms with Gasteiger partial charge in [0.25, 0.3) is 0 Å². The quantitative estimate of drug-likeness (QED) is 0.191. The van der Waals surface area contributed by atoms with Crippen LogP contribution in [0.25, 0.3) is 0 Å². The van der Waals surface area contributed by atoms with E-state index in [-0.39, 0.29) is 40.7 Å². The molecular weight excluding hydrogens is 594 g/mol. The second kappa shape index (κ2) is 16.6. The van der Waals surface area contributed by atoms with E-state index in [2.05, 4.69) is 29.9 Å². The van der Waals surface area contributed by atoms with Crippen molar-refractivity contribution in [3.63, 3.8) is 0 Å². The predicted molar refractivity (Wildman–Crippen MR) is 109 cm³/mol. The van der Waals surface area contributed by atoms with Gasteiger partial charge >= 0.3 is 43.4 Å². The fourth-order valence-electron chi connectivity index (χ4n) is 1.78. The molecule has 0 aromatic carbocycles. The minimum Gasteiger partial charge on any atom is -0.870 e. The average molecular weight is 607 g/mol. The molecule has 0 spiro atoms. The van der Waals surface area contributed by atoms with Crippen LogP contribution in [0.3, 0.4) is 0 Å². The van der Waals surface area contributed by atoms with Crippen LogP contribution < -0.4 is 18.9 Å². The summed E-state index contributed by atoms with van der Waals surface area (Å²) in [4.78, 5) is 38.6. The second-order valence-electron chi connectivity index (χ2n) is 6.09. The van der Waals surface area contributed by atoms with Crippen LogP contribution in [-0.2, 0) is 18.5 Å². The van der Waals surface area contributed by atoms with Crippen LogP contribution in [-0.4, -0.2) is 57.7 Å². The van der Waals surface area contributed by atoms with Gasteiger partial charge in [0.2, 0.25) is 17.5 Å². The number of halogens is 10. The Labute approximate surface area is 233 Å². The van der Waals surface area contributed by atoms with Crippen molar-refractivity contribution < 1.29 is 84.0 Å². The van der Waals surface area contributed by atoms with E-state index in [1.165, 1.54) is 6.07 Å². The third-order valence-electron chi connectivity index (χ3n) is 3.27. The molecule has 0 radical (unpaired) electrons. The van der Waals surface area contributed by atoms with Crippen molar-refractivity contribution in [3.8, 4) is 0 Å². The van der Waals surface area contributed by atoms with Gasteiger partial charge < -0.3 is 16.1 Å². The van der Waals surface area contributed by atoms with Gasteiger partial charge in [-0.2, -0.15) is 39.5 Å². The van der Waals surface area contributed by atoms with E-state index in [9.17, 15) is 49.1 Å². The molecule has 4 N–H and O–H groups in total. The molecule has 0 aliphatic rings. The largest absolute Gasteiger partial charge is 1.00 e. The summed E-state index contributed by atoms with van der Waals surface area (Å²) in [6.07, 6.45) is -11.2. The molecule has 0 saturated carbocycles. The first kappa shape index (κ1) is 41.0. The molecule has 0 bridgehead atoms. The number of aromatic nitrogens is 6. The van der Waals surface area contributed by atoms with E-state index in [0.29, 0.717) is 0 Å². The third-order valence-corrected chi connectivity index (χ3v) is 3.48. The Bertz CT molecular complexity index is 1180. The zero-order chi connectivity index (χ0) is 28.6. The molecule has 40 heavy (non-hydrogen) atoms. The van der Waals surface area contributed by atoms with E-state index in [1.807, 2.05) is 0 Å². The molecule has 216 valence electrons. The molecule has 0 aliphatic carbocycles. The summed E-state index contributed by atoms with van der Waals surface area (Å²) in [5.74, 6) is -6.00. The molecule has 3 aromatic rings. The number of Topliss-reactive ketones (excluding diaryl/α,β-unsaturated/α-hetero) is 1. The van der Waals surface area contributed by atoms with Crippen LogP contribution in [0, 0.1) is 0 Å². The zero-order valence-electron chi connectivity index (χ0n) is 19.6. The van der Waals surface area contributed by atoms with E-state index in [1.54, 1.807) is 0 Å². The summed E-state index contributed by atoms with van der Waals surface area (Å²) in [6, 6.07) is 3.20. The summed E-state index contributed by atoms with van der Waals surface area (Å²) in [6.45, 7) is 1.14. The van der Waals surface area contributed by atoms with Crippen LogP contribution in [0.1, 0.15) is 45.4 Å². The Morgan fingerprint density at radius 2 is 1.02 bits per heavy atom. The van der Waals surface area contributed by atoms with Crippen molar-refractivity contribution in [1.29, 1.82) is 0 Å². The molecule has 22 heteroatoms. The molecule has 3 heterocycles. The predicted octanol–water partition coefficient (Wildman–Crippen LogP) is 1.04. The number of carbonyl (C=O) groups is 2. The van der Waals surface area contributed by atoms with Crippen LogP contribution in [0.2, 0.25) is 5.15 Å². The van der Waals surface area contributed by atoms with Crippen molar-refractivity contribution >= 4 is 23.4 Å². The first-order valence-electron chi connectivity index (χ1n) is 8.92. The van der Waals surface area contributed by atoms with Crippen LogP contribution in [0.15, 0.2) is 36.8 Å². The zero-order valence-corrected chi connectivity index (χ0v) is 20.4. The normalized spacial score (nSPS) is 10.6. The van der Waals surface area contributed by atoms with Gasteiger partial charge in [0.05, 0.1) is 0 Å². The molecular formula is C18H13ClF9LiN6O5. The number of carboxylic acid groups (broad SMARTS) is 1. The van der Waals surface area contributed by atoms with Crippen molar-refractivity contribution in [2.75, 3.05) is 0 Å². The maximum absolute atomic E-state index is 12.0. The molecule has 0 saturated heterocycles. The van der Waals surface area contributed by atoms with Crippen LogP contribution in [0.4, 0.5) is 39.5 Å². The summed E-state index contributed by atoms with van der Waals surface area (Å²) >= 11 is 5.20. The number of hydrogen-bond acceptors (Lipinski definition) is 9. The van der Waals surface area contributed by atoms with Gasteiger partial charge in [-0.15, -0.1) is 0 Å². The Morgan fingerprint density at radius 3 is 1.32 bits per heavy atom. The molecule has 11 nitrogen and oxygen atoms in total. The Balaban J connectivity index is -0.000000497. The summed E-state index contributed by atoms with van der Waals surface area (Å²) in [7, 11) is 0. The van der Waals surface area contributed by atoms with Crippen LogP contribution >= 0.6 is 11.6 Å². The molecule has 0 fully saturated rings. The molecule has 0 atom stereocenters. The van der Waals surface area contributed by atoms with Crippen molar-refractivity contribution in [1.82, 2.24) is 29.9 Å². The molecule has 0 unspecified atom stereocenters. The minimum absolute atomic E-state index is 0. The number of rotatable bonds is 2. The maximum Gasteiger partial charge on any atom is 1.00 e. The van der Waals surface area contributed by atoms with Gasteiger partial charge in [0, 0.05) is 25.5 Å². The molecule has 3 rings (SSSR count). The summed E-state index contributed by atoms with van der Waals surface area (Å²) < 4.78 is 107. The summed E-state index contributed by atoms with van der Waals surface area (Å²) in [5, 5.41) is 8.10. The standard InChI is InChI=1S/C7H5F3N2O.C6H3F3N2O2.C5H2ClF3N2.Li.2H2O/c1-4(13)5-2-3-11-6(12-5)7(8,9)10;7-6(8,9)5-10-2-1-3(11-5)4(12)13;6-3-1-2-10-4(11-3)5(7,8)9;;;/h2-3H,1H3;1-2H,(H,12,13);1-2H;;2*1H2/q;;;+1;;/p-1. The van der Waals surface area contributed by atoms with E-state index >= 15 is 0 Å². The number of hydrogen-bond donors (Lipinski definition) is 1. The monoisotopic (exact) mass is 606 g/mol. The number of nitrogens with zero attached hydrogens (tertiary/aromatic N) is 6. The number of carboxylic acids is 1. The SMILES string of the molecule is CC(=O)c1ccnc(C(F)(F)F)n1.FC(F)(F)c1nccc(Cl)n1.O.O=C(O)c1ccnc(C(F)(F)F)n1.[Li+].[OH-].